The van der Waals surface area contributed by atoms with Gasteiger partial charge in [-0.25, -0.2) is 8.42 Å². The molecule has 0 spiro atoms. The van der Waals surface area contributed by atoms with Crippen LogP contribution in [0.5, 0.6) is 0 Å². The molecule has 0 aliphatic carbocycles. The van der Waals surface area contributed by atoms with Crippen LogP contribution in [0.4, 0.5) is 18.9 Å². The number of rotatable bonds is 9. The molecule has 2 aromatic carbocycles. The third-order valence-electron chi connectivity index (χ3n) is 5.09. The Morgan fingerprint density at radius 3 is 2.17 bits per heavy atom. The minimum Gasteiger partial charge on any atom is -0.352 e. The summed E-state index contributed by atoms with van der Waals surface area (Å²) < 4.78 is 66.5. The first kappa shape index (κ1) is 29.9. The Kier molecular flexibility index (Phi) is 9.83. The first-order valence-electron chi connectivity index (χ1n) is 10.7. The summed E-state index contributed by atoms with van der Waals surface area (Å²) in [6, 6.07) is 8.29. The van der Waals surface area contributed by atoms with Gasteiger partial charge in [-0.15, -0.1) is 0 Å². The number of sulfonamides is 1. The average molecular weight is 613 g/mol. The summed E-state index contributed by atoms with van der Waals surface area (Å²) in [6.45, 7) is 4.12. The molecule has 0 fully saturated rings. The molecule has 13 heteroatoms. The van der Waals surface area contributed by atoms with E-state index in [9.17, 15) is 31.2 Å². The number of nitrogens with one attached hydrogen (secondary N) is 1. The fourth-order valence-corrected chi connectivity index (χ4v) is 4.60. The molecule has 0 heterocycles. The molecule has 36 heavy (non-hydrogen) atoms. The van der Waals surface area contributed by atoms with Gasteiger partial charge in [0.1, 0.15) is 12.6 Å². The predicted molar refractivity (Wildman–Crippen MR) is 136 cm³/mol. The van der Waals surface area contributed by atoms with E-state index < -0.39 is 51.2 Å². The van der Waals surface area contributed by atoms with Crippen molar-refractivity contribution in [3.8, 4) is 0 Å². The quantitative estimate of drug-likeness (QED) is 0.440. The van der Waals surface area contributed by atoms with Crippen LogP contribution in [0.25, 0.3) is 0 Å². The Morgan fingerprint density at radius 2 is 1.67 bits per heavy atom. The van der Waals surface area contributed by atoms with Gasteiger partial charge in [-0.1, -0.05) is 39.7 Å². The Bertz CT molecular complexity index is 1210. The van der Waals surface area contributed by atoms with Gasteiger partial charge in [-0.2, -0.15) is 13.2 Å². The highest BCUT2D eigenvalue weighted by Crippen LogP contribution is 2.37. The molecule has 2 rings (SSSR count). The van der Waals surface area contributed by atoms with Crippen molar-refractivity contribution in [2.24, 2.45) is 0 Å². The molecule has 0 bridgehead atoms. The molecule has 0 aromatic heterocycles. The summed E-state index contributed by atoms with van der Waals surface area (Å²) in [5, 5.41) is 2.10. The van der Waals surface area contributed by atoms with Crippen LogP contribution in [0.1, 0.15) is 31.9 Å². The molecule has 1 atom stereocenters. The van der Waals surface area contributed by atoms with E-state index in [2.05, 4.69) is 21.2 Å². The van der Waals surface area contributed by atoms with E-state index in [1.807, 2.05) is 0 Å². The molecule has 2 aromatic rings. The third-order valence-corrected chi connectivity index (χ3v) is 7.09. The maximum atomic E-state index is 13.4. The van der Waals surface area contributed by atoms with Crippen LogP contribution in [0, 0.1) is 0 Å². The highest BCUT2D eigenvalue weighted by atomic mass is 79.9. The van der Waals surface area contributed by atoms with Crippen LogP contribution >= 0.6 is 27.5 Å². The first-order chi connectivity index (χ1) is 16.5. The maximum Gasteiger partial charge on any atom is 0.417 e. The minimum absolute atomic E-state index is 0.0369. The molecule has 0 radical (unpaired) electrons. The third kappa shape index (κ3) is 8.10. The summed E-state index contributed by atoms with van der Waals surface area (Å²) in [4.78, 5) is 27.3. The molecular weight excluding hydrogens is 587 g/mol. The first-order valence-corrected chi connectivity index (χ1v) is 13.7. The van der Waals surface area contributed by atoms with Crippen molar-refractivity contribution in [3.63, 3.8) is 0 Å². The number of hydrogen-bond donors (Lipinski definition) is 1. The number of carbonyl (C=O) groups is 2. The van der Waals surface area contributed by atoms with Gasteiger partial charge >= 0.3 is 6.18 Å². The van der Waals surface area contributed by atoms with E-state index in [1.54, 1.807) is 38.1 Å². The van der Waals surface area contributed by atoms with Crippen molar-refractivity contribution in [1.29, 1.82) is 0 Å². The number of amides is 2. The number of benzene rings is 2. The summed E-state index contributed by atoms with van der Waals surface area (Å²) in [6.07, 6.45) is -4.06. The smallest absolute Gasteiger partial charge is 0.352 e. The van der Waals surface area contributed by atoms with E-state index in [4.69, 9.17) is 11.6 Å². The van der Waals surface area contributed by atoms with E-state index in [0.717, 1.165) is 22.9 Å². The summed E-state index contributed by atoms with van der Waals surface area (Å²) in [7, 11) is -4.20. The minimum atomic E-state index is -4.84. The second-order valence-electron chi connectivity index (χ2n) is 8.42. The molecule has 198 valence electrons. The molecular formula is C23H26BrClF3N3O4S. The SMILES string of the molecule is CC(C)NC(=O)C(C)N(Cc1ccc(Br)cc1)C(=O)CN(c1ccc(Cl)c(C(F)(F)F)c1)S(C)(=O)=O. The largest absolute Gasteiger partial charge is 0.417 e. The van der Waals surface area contributed by atoms with Gasteiger partial charge in [0.2, 0.25) is 21.8 Å². The highest BCUT2D eigenvalue weighted by molar-refractivity contribution is 9.10. The van der Waals surface area contributed by atoms with Crippen LogP contribution in [-0.4, -0.2) is 50.0 Å². The average Bonchev–Trinajstić information content (AvgIpc) is 2.75. The topological polar surface area (TPSA) is 86.8 Å². The van der Waals surface area contributed by atoms with E-state index in [-0.39, 0.29) is 18.3 Å². The molecule has 0 saturated carbocycles. The van der Waals surface area contributed by atoms with E-state index in [0.29, 0.717) is 15.9 Å². The van der Waals surface area contributed by atoms with Gasteiger partial charge in [-0.05, 0) is 56.7 Å². The summed E-state index contributed by atoms with van der Waals surface area (Å²) in [5.74, 6) is -1.24. The summed E-state index contributed by atoms with van der Waals surface area (Å²) >= 11 is 8.98. The fraction of sp³-hybridized carbons (Fsp3) is 0.391. The number of carbonyl (C=O) groups excluding carboxylic acids is 2. The molecule has 1 unspecified atom stereocenters. The zero-order valence-electron chi connectivity index (χ0n) is 19.9. The lowest BCUT2D eigenvalue weighted by Crippen LogP contribution is -2.52. The zero-order chi connectivity index (χ0) is 27.4. The molecule has 0 aliphatic rings. The van der Waals surface area contributed by atoms with Crippen LogP contribution in [0.2, 0.25) is 5.02 Å². The van der Waals surface area contributed by atoms with Crippen LogP contribution < -0.4 is 9.62 Å². The van der Waals surface area contributed by atoms with Crippen molar-refractivity contribution < 1.29 is 31.2 Å². The van der Waals surface area contributed by atoms with Crippen molar-refractivity contribution in [2.45, 2.75) is 45.6 Å². The monoisotopic (exact) mass is 611 g/mol. The Morgan fingerprint density at radius 1 is 1.08 bits per heavy atom. The lowest BCUT2D eigenvalue weighted by molar-refractivity contribution is -0.139. The van der Waals surface area contributed by atoms with Crippen LogP contribution in [-0.2, 0) is 32.3 Å². The van der Waals surface area contributed by atoms with E-state index >= 15 is 0 Å². The maximum absolute atomic E-state index is 13.4. The van der Waals surface area contributed by atoms with Gasteiger partial charge in [-0.3, -0.25) is 13.9 Å². The van der Waals surface area contributed by atoms with Gasteiger partial charge in [0.05, 0.1) is 22.5 Å². The van der Waals surface area contributed by atoms with Gasteiger partial charge in [0, 0.05) is 17.1 Å². The van der Waals surface area contributed by atoms with Crippen LogP contribution in [0.3, 0.4) is 0 Å². The van der Waals surface area contributed by atoms with Gasteiger partial charge < -0.3 is 10.2 Å². The second kappa shape index (κ2) is 11.8. The molecule has 0 saturated heterocycles. The number of hydrogen-bond acceptors (Lipinski definition) is 4. The normalized spacial score (nSPS) is 12.8. The Balaban J connectivity index is 2.47. The van der Waals surface area contributed by atoms with Crippen molar-refractivity contribution >= 4 is 55.1 Å². The lowest BCUT2D eigenvalue weighted by atomic mass is 10.1. The molecule has 0 aliphatic heterocycles. The van der Waals surface area contributed by atoms with Crippen molar-refractivity contribution in [3.05, 3.63) is 63.1 Å². The number of anilines is 1. The Hall–Kier alpha value is -2.31. The second-order valence-corrected chi connectivity index (χ2v) is 11.6. The number of nitrogens with zero attached hydrogens (tertiary/aromatic N) is 2. The van der Waals surface area contributed by atoms with Crippen LogP contribution in [0.15, 0.2) is 46.9 Å². The molecule has 1 N–H and O–H groups in total. The van der Waals surface area contributed by atoms with E-state index in [1.165, 1.54) is 11.8 Å². The van der Waals surface area contributed by atoms with Gasteiger partial charge in [0.15, 0.2) is 0 Å². The zero-order valence-corrected chi connectivity index (χ0v) is 23.1. The molecule has 2 amide bonds. The lowest BCUT2D eigenvalue weighted by Gasteiger charge is -2.32. The van der Waals surface area contributed by atoms with Crippen molar-refractivity contribution in [2.75, 3.05) is 17.1 Å². The number of alkyl halides is 3. The highest BCUT2D eigenvalue weighted by Gasteiger charge is 2.35. The molecule has 7 nitrogen and oxygen atoms in total. The number of halogens is 5. The van der Waals surface area contributed by atoms with Gasteiger partial charge in [0.25, 0.3) is 0 Å². The Labute approximate surface area is 221 Å². The van der Waals surface area contributed by atoms with Crippen molar-refractivity contribution in [1.82, 2.24) is 10.2 Å². The fourth-order valence-electron chi connectivity index (χ4n) is 3.27. The summed E-state index contributed by atoms with van der Waals surface area (Å²) in [5.41, 5.74) is -0.961. The standard InChI is InChI=1S/C23H26BrClF3N3O4S/c1-14(2)29-22(33)15(3)30(12-16-5-7-17(24)8-6-16)21(32)13-31(36(4,34)35)18-9-10-20(25)19(11-18)23(26,27)28/h5-11,14-15H,12-13H2,1-4H3,(H,29,33). The predicted octanol–water partition coefficient (Wildman–Crippen LogP) is 4.83.